The van der Waals surface area contributed by atoms with Crippen LogP contribution in [0.3, 0.4) is 0 Å². The number of carbonyl (C=O) groups is 2. The highest BCUT2D eigenvalue weighted by atomic mass is 16.5. The fraction of sp³-hybridized carbons (Fsp3) is 0.833. The fourth-order valence-corrected chi connectivity index (χ4v) is 2.45. The monoisotopic (exact) mass is 240 g/mol. The van der Waals surface area contributed by atoms with Gasteiger partial charge in [0, 0.05) is 19.1 Å². The second-order valence-corrected chi connectivity index (χ2v) is 4.86. The summed E-state index contributed by atoms with van der Waals surface area (Å²) in [5.74, 6) is 0.424. The van der Waals surface area contributed by atoms with E-state index in [2.05, 4.69) is 5.32 Å². The lowest BCUT2D eigenvalue weighted by molar-refractivity contribution is -0.145. The minimum absolute atomic E-state index is 0.0398. The summed E-state index contributed by atoms with van der Waals surface area (Å²) < 4.78 is 5.30. The number of amides is 2. The molecular formula is C12H20N2O3. The number of nitrogens with one attached hydrogen (secondary N) is 1. The molecular weight excluding hydrogens is 220 g/mol. The number of ether oxygens (including phenoxy) is 1. The normalized spacial score (nSPS) is 29.6. The molecule has 2 saturated heterocycles. The number of piperazine rings is 1. The van der Waals surface area contributed by atoms with Gasteiger partial charge in [0.1, 0.15) is 6.04 Å². The summed E-state index contributed by atoms with van der Waals surface area (Å²) in [4.78, 5) is 25.4. The minimum atomic E-state index is -0.316. The van der Waals surface area contributed by atoms with Gasteiger partial charge in [-0.3, -0.25) is 9.59 Å². The summed E-state index contributed by atoms with van der Waals surface area (Å²) in [5, 5.41) is 2.76. The van der Waals surface area contributed by atoms with Crippen molar-refractivity contribution in [2.45, 2.75) is 32.2 Å². The Morgan fingerprint density at radius 1 is 1.47 bits per heavy atom. The molecule has 0 aromatic rings. The third-order valence-electron chi connectivity index (χ3n) is 3.36. The molecule has 2 fully saturated rings. The van der Waals surface area contributed by atoms with Gasteiger partial charge in [-0.05, 0) is 12.8 Å². The Balaban J connectivity index is 1.94. The minimum Gasteiger partial charge on any atom is -0.381 e. The van der Waals surface area contributed by atoms with Crippen LogP contribution < -0.4 is 5.32 Å². The molecule has 96 valence electrons. The highest BCUT2D eigenvalue weighted by Crippen LogP contribution is 2.16. The van der Waals surface area contributed by atoms with Crippen LogP contribution in [0.1, 0.15) is 26.2 Å². The Bertz CT molecular complexity index is 300. The predicted molar refractivity (Wildman–Crippen MR) is 62.3 cm³/mol. The molecule has 1 N–H and O–H groups in total. The topological polar surface area (TPSA) is 58.6 Å². The predicted octanol–water partition coefficient (Wildman–Crippen LogP) is 0.150. The standard InChI is InChI=1S/C12H20N2O3/c1-2-3-10-12(16)14(7-11(15)13-10)6-9-4-5-17-8-9/h9-10H,2-8H2,1H3,(H,13,15). The van der Waals surface area contributed by atoms with Crippen molar-refractivity contribution >= 4 is 11.8 Å². The zero-order valence-electron chi connectivity index (χ0n) is 10.3. The van der Waals surface area contributed by atoms with Crippen molar-refractivity contribution in [1.82, 2.24) is 10.2 Å². The van der Waals surface area contributed by atoms with E-state index >= 15 is 0 Å². The average Bonchev–Trinajstić information content (AvgIpc) is 2.78. The van der Waals surface area contributed by atoms with E-state index in [1.807, 2.05) is 6.92 Å². The van der Waals surface area contributed by atoms with E-state index in [-0.39, 0.29) is 24.4 Å². The van der Waals surface area contributed by atoms with Crippen molar-refractivity contribution < 1.29 is 14.3 Å². The van der Waals surface area contributed by atoms with Crippen LogP contribution in [0.4, 0.5) is 0 Å². The Morgan fingerprint density at radius 2 is 2.29 bits per heavy atom. The lowest BCUT2D eigenvalue weighted by Crippen LogP contribution is -2.58. The van der Waals surface area contributed by atoms with Crippen LogP contribution in [-0.4, -0.2) is 49.1 Å². The van der Waals surface area contributed by atoms with Gasteiger partial charge in [0.25, 0.3) is 0 Å². The highest BCUT2D eigenvalue weighted by Gasteiger charge is 2.33. The number of hydrogen-bond donors (Lipinski definition) is 1. The first-order chi connectivity index (χ1) is 8.20. The van der Waals surface area contributed by atoms with E-state index in [1.165, 1.54) is 0 Å². The number of nitrogens with zero attached hydrogens (tertiary/aromatic N) is 1. The van der Waals surface area contributed by atoms with Gasteiger partial charge in [-0.25, -0.2) is 0 Å². The molecule has 2 amide bonds. The smallest absolute Gasteiger partial charge is 0.245 e. The van der Waals surface area contributed by atoms with Crippen molar-refractivity contribution in [1.29, 1.82) is 0 Å². The Morgan fingerprint density at radius 3 is 2.94 bits per heavy atom. The molecule has 2 aliphatic rings. The van der Waals surface area contributed by atoms with Gasteiger partial charge in [-0.2, -0.15) is 0 Å². The van der Waals surface area contributed by atoms with Gasteiger partial charge in [0.2, 0.25) is 11.8 Å². The van der Waals surface area contributed by atoms with E-state index < -0.39 is 0 Å². The molecule has 0 aromatic carbocycles. The first-order valence-electron chi connectivity index (χ1n) is 6.36. The van der Waals surface area contributed by atoms with E-state index in [0.717, 1.165) is 25.9 Å². The van der Waals surface area contributed by atoms with Crippen LogP contribution in [0.2, 0.25) is 0 Å². The van der Waals surface area contributed by atoms with E-state index in [0.29, 0.717) is 19.1 Å². The molecule has 0 aromatic heterocycles. The molecule has 0 bridgehead atoms. The molecule has 0 saturated carbocycles. The summed E-state index contributed by atoms with van der Waals surface area (Å²) in [6.07, 6.45) is 2.61. The molecule has 2 rings (SSSR count). The summed E-state index contributed by atoms with van der Waals surface area (Å²) >= 11 is 0. The van der Waals surface area contributed by atoms with Crippen molar-refractivity contribution in [3.8, 4) is 0 Å². The lowest BCUT2D eigenvalue weighted by atomic mass is 10.0. The molecule has 0 aliphatic carbocycles. The summed E-state index contributed by atoms with van der Waals surface area (Å²) in [5.41, 5.74) is 0. The third kappa shape index (κ3) is 2.97. The van der Waals surface area contributed by atoms with Gasteiger partial charge in [-0.15, -0.1) is 0 Å². The van der Waals surface area contributed by atoms with Crippen molar-refractivity contribution in [3.63, 3.8) is 0 Å². The largest absolute Gasteiger partial charge is 0.381 e. The number of carbonyl (C=O) groups excluding carboxylic acids is 2. The molecule has 5 heteroatoms. The van der Waals surface area contributed by atoms with E-state index in [9.17, 15) is 9.59 Å². The zero-order chi connectivity index (χ0) is 12.3. The van der Waals surface area contributed by atoms with Crippen LogP contribution in [0.5, 0.6) is 0 Å². The molecule has 17 heavy (non-hydrogen) atoms. The van der Waals surface area contributed by atoms with E-state index in [4.69, 9.17) is 4.74 Å². The molecule has 5 nitrogen and oxygen atoms in total. The molecule has 0 radical (unpaired) electrons. The third-order valence-corrected chi connectivity index (χ3v) is 3.36. The van der Waals surface area contributed by atoms with Crippen molar-refractivity contribution in [3.05, 3.63) is 0 Å². The van der Waals surface area contributed by atoms with Gasteiger partial charge in [0.05, 0.1) is 13.2 Å². The van der Waals surface area contributed by atoms with Gasteiger partial charge >= 0.3 is 0 Å². The molecule has 2 heterocycles. The SMILES string of the molecule is CCCC1NC(=O)CN(CC2CCOC2)C1=O. The molecule has 2 aliphatic heterocycles. The molecule has 2 atom stereocenters. The van der Waals surface area contributed by atoms with E-state index in [1.54, 1.807) is 4.90 Å². The van der Waals surface area contributed by atoms with Crippen LogP contribution in [0, 0.1) is 5.92 Å². The molecule has 0 spiro atoms. The summed E-state index contributed by atoms with van der Waals surface area (Å²) in [7, 11) is 0. The van der Waals surface area contributed by atoms with Gasteiger partial charge in [-0.1, -0.05) is 13.3 Å². The van der Waals surface area contributed by atoms with Crippen LogP contribution in [0.25, 0.3) is 0 Å². The average molecular weight is 240 g/mol. The van der Waals surface area contributed by atoms with Crippen molar-refractivity contribution in [2.24, 2.45) is 5.92 Å². The Labute approximate surface area is 101 Å². The summed E-state index contributed by atoms with van der Waals surface area (Å²) in [6, 6.07) is -0.316. The van der Waals surface area contributed by atoms with Gasteiger partial charge in [0.15, 0.2) is 0 Å². The van der Waals surface area contributed by atoms with Crippen LogP contribution >= 0.6 is 0 Å². The molecule has 2 unspecified atom stereocenters. The first-order valence-corrected chi connectivity index (χ1v) is 6.36. The zero-order valence-corrected chi connectivity index (χ0v) is 10.3. The van der Waals surface area contributed by atoms with Crippen LogP contribution in [-0.2, 0) is 14.3 Å². The maximum atomic E-state index is 12.1. The maximum absolute atomic E-state index is 12.1. The van der Waals surface area contributed by atoms with Crippen molar-refractivity contribution in [2.75, 3.05) is 26.3 Å². The highest BCUT2D eigenvalue weighted by molar-refractivity contribution is 5.94. The van der Waals surface area contributed by atoms with Gasteiger partial charge < -0.3 is 15.0 Å². The number of rotatable bonds is 4. The van der Waals surface area contributed by atoms with Crippen LogP contribution in [0.15, 0.2) is 0 Å². The second kappa shape index (κ2) is 5.49. The maximum Gasteiger partial charge on any atom is 0.245 e. The first kappa shape index (κ1) is 12.4. The fourth-order valence-electron chi connectivity index (χ4n) is 2.45. The summed E-state index contributed by atoms with van der Waals surface area (Å²) in [6.45, 7) is 4.37. The second-order valence-electron chi connectivity index (χ2n) is 4.86. The quantitative estimate of drug-likeness (QED) is 0.761. The number of hydrogen-bond acceptors (Lipinski definition) is 3. The lowest BCUT2D eigenvalue weighted by Gasteiger charge is -2.33. The Hall–Kier alpha value is -1.10. The Kier molecular flexibility index (Phi) is 3.99.